The lowest BCUT2D eigenvalue weighted by atomic mass is 9.88. The van der Waals surface area contributed by atoms with Crippen LogP contribution in [0.4, 0.5) is 8.78 Å². The van der Waals surface area contributed by atoms with Crippen LogP contribution in [0.2, 0.25) is 0 Å². The van der Waals surface area contributed by atoms with Gasteiger partial charge in [-0.2, -0.15) is 0 Å². The van der Waals surface area contributed by atoms with E-state index in [9.17, 15) is 17.5 Å². The van der Waals surface area contributed by atoms with Crippen LogP contribution < -0.4 is 10.0 Å². The van der Waals surface area contributed by atoms with Crippen molar-refractivity contribution < 1.29 is 17.5 Å². The Morgan fingerprint density at radius 2 is 2.07 bits per heavy atom. The molecule has 0 radical (unpaired) electrons. The SMILES string of the molecule is CC(F)(F)C(NS(=O)[O-])C1CCNCC1. The van der Waals surface area contributed by atoms with E-state index in [4.69, 9.17) is 0 Å². The van der Waals surface area contributed by atoms with Crippen molar-refractivity contribution in [3.63, 3.8) is 0 Å². The molecule has 4 nitrogen and oxygen atoms in total. The first kappa shape index (κ1) is 13.0. The fourth-order valence-electron chi connectivity index (χ4n) is 1.89. The smallest absolute Gasteiger partial charge is 0.261 e. The highest BCUT2D eigenvalue weighted by Crippen LogP contribution is 2.28. The van der Waals surface area contributed by atoms with E-state index in [1.807, 2.05) is 4.72 Å². The molecule has 2 atom stereocenters. The third-order valence-electron chi connectivity index (χ3n) is 2.62. The molecule has 1 fully saturated rings. The van der Waals surface area contributed by atoms with Crippen LogP contribution in [0.15, 0.2) is 0 Å². The minimum Gasteiger partial charge on any atom is -0.760 e. The summed E-state index contributed by atoms with van der Waals surface area (Å²) in [5.74, 6) is -3.33. The van der Waals surface area contributed by atoms with Crippen LogP contribution in [-0.4, -0.2) is 33.8 Å². The van der Waals surface area contributed by atoms with Crippen LogP contribution in [-0.2, 0) is 11.3 Å². The lowest BCUT2D eigenvalue weighted by Gasteiger charge is -2.35. The van der Waals surface area contributed by atoms with Gasteiger partial charge in [-0.05, 0) is 31.8 Å². The average molecular weight is 241 g/mol. The maximum absolute atomic E-state index is 13.2. The highest BCUT2D eigenvalue weighted by Gasteiger charge is 2.40. The number of hydrogen-bond donors (Lipinski definition) is 2. The lowest BCUT2D eigenvalue weighted by molar-refractivity contribution is -0.0351. The van der Waals surface area contributed by atoms with E-state index in [0.29, 0.717) is 25.9 Å². The van der Waals surface area contributed by atoms with E-state index < -0.39 is 23.2 Å². The molecule has 0 aromatic heterocycles. The Morgan fingerprint density at radius 3 is 2.47 bits per heavy atom. The van der Waals surface area contributed by atoms with Gasteiger partial charge in [0, 0.05) is 18.2 Å². The Balaban J connectivity index is 2.66. The number of halogens is 2. The second kappa shape index (κ2) is 5.29. The van der Waals surface area contributed by atoms with E-state index in [1.54, 1.807) is 0 Å². The Hall–Kier alpha value is -0.110. The van der Waals surface area contributed by atoms with E-state index >= 15 is 0 Å². The first-order valence-corrected chi connectivity index (χ1v) is 5.92. The summed E-state index contributed by atoms with van der Waals surface area (Å²) in [6.45, 7) is 2.06. The van der Waals surface area contributed by atoms with Gasteiger partial charge < -0.3 is 9.87 Å². The zero-order chi connectivity index (χ0) is 11.5. The molecule has 1 saturated heterocycles. The topological polar surface area (TPSA) is 64.2 Å². The molecule has 15 heavy (non-hydrogen) atoms. The average Bonchev–Trinajstić information content (AvgIpc) is 2.14. The second-order valence-electron chi connectivity index (χ2n) is 3.87. The highest BCUT2D eigenvalue weighted by molar-refractivity contribution is 7.77. The molecule has 1 rings (SSSR count). The molecule has 7 heteroatoms. The van der Waals surface area contributed by atoms with Crippen LogP contribution in [0, 0.1) is 5.92 Å². The van der Waals surface area contributed by atoms with Crippen molar-refractivity contribution in [1.29, 1.82) is 0 Å². The Bertz CT molecular complexity index is 229. The summed E-state index contributed by atoms with van der Waals surface area (Å²) in [7, 11) is 0. The Morgan fingerprint density at radius 1 is 1.53 bits per heavy atom. The molecule has 1 aliphatic rings. The van der Waals surface area contributed by atoms with Crippen molar-refractivity contribution in [2.45, 2.75) is 31.7 Å². The first-order valence-electron chi connectivity index (χ1n) is 4.85. The van der Waals surface area contributed by atoms with Gasteiger partial charge in [0.25, 0.3) is 5.92 Å². The van der Waals surface area contributed by atoms with Crippen molar-refractivity contribution in [1.82, 2.24) is 10.0 Å². The molecule has 90 valence electrons. The van der Waals surface area contributed by atoms with Crippen LogP contribution in [0.3, 0.4) is 0 Å². The molecule has 0 aliphatic carbocycles. The first-order chi connectivity index (χ1) is 6.91. The third-order valence-corrected chi connectivity index (χ3v) is 3.07. The molecular weight excluding hydrogens is 226 g/mol. The van der Waals surface area contributed by atoms with Crippen LogP contribution >= 0.6 is 0 Å². The van der Waals surface area contributed by atoms with Gasteiger partial charge >= 0.3 is 0 Å². The summed E-state index contributed by atoms with van der Waals surface area (Å²) in [5, 5.41) is 3.05. The predicted molar refractivity (Wildman–Crippen MR) is 52.1 cm³/mol. The summed E-state index contributed by atoms with van der Waals surface area (Å²) >= 11 is -2.64. The molecule has 1 aliphatic heterocycles. The quantitative estimate of drug-likeness (QED) is 0.700. The van der Waals surface area contributed by atoms with E-state index in [-0.39, 0.29) is 5.92 Å². The fraction of sp³-hybridized carbons (Fsp3) is 1.00. The molecule has 0 spiro atoms. The van der Waals surface area contributed by atoms with Crippen molar-refractivity contribution in [2.75, 3.05) is 13.1 Å². The summed E-state index contributed by atoms with van der Waals surface area (Å²) in [4.78, 5) is 0. The van der Waals surface area contributed by atoms with Crippen LogP contribution in [0.25, 0.3) is 0 Å². The summed E-state index contributed by atoms with van der Waals surface area (Å²) in [5.41, 5.74) is 0. The normalized spacial score (nSPS) is 23.7. The van der Waals surface area contributed by atoms with Crippen molar-refractivity contribution in [3.8, 4) is 0 Å². The molecule has 0 aromatic carbocycles. The van der Waals surface area contributed by atoms with Crippen molar-refractivity contribution >= 4 is 11.3 Å². The molecular formula is C8H15F2N2O2S-. The van der Waals surface area contributed by atoms with Gasteiger partial charge in [0.05, 0.1) is 6.04 Å². The van der Waals surface area contributed by atoms with E-state index in [0.717, 1.165) is 6.92 Å². The van der Waals surface area contributed by atoms with Gasteiger partial charge in [-0.1, -0.05) is 0 Å². The molecule has 0 aromatic rings. The van der Waals surface area contributed by atoms with Crippen LogP contribution in [0.5, 0.6) is 0 Å². The third kappa shape index (κ3) is 4.10. The maximum atomic E-state index is 13.2. The number of hydrogen-bond acceptors (Lipinski definition) is 3. The number of piperidine rings is 1. The van der Waals surface area contributed by atoms with E-state index in [1.165, 1.54) is 0 Å². The highest BCUT2D eigenvalue weighted by atomic mass is 32.2. The molecule has 0 bridgehead atoms. The van der Waals surface area contributed by atoms with Gasteiger partial charge in [-0.15, -0.1) is 0 Å². The van der Waals surface area contributed by atoms with Crippen LogP contribution in [0.1, 0.15) is 19.8 Å². The van der Waals surface area contributed by atoms with Gasteiger partial charge in [0.1, 0.15) is 0 Å². The largest absolute Gasteiger partial charge is 0.760 e. The molecule has 0 saturated carbocycles. The second-order valence-corrected chi connectivity index (χ2v) is 4.58. The molecule has 2 N–H and O–H groups in total. The van der Waals surface area contributed by atoms with Gasteiger partial charge in [-0.25, -0.2) is 13.5 Å². The molecule has 0 amide bonds. The fourth-order valence-corrected chi connectivity index (χ4v) is 2.50. The summed E-state index contributed by atoms with van der Waals surface area (Å²) in [6.07, 6.45) is 1.14. The lowest BCUT2D eigenvalue weighted by Crippen LogP contribution is -2.51. The minimum atomic E-state index is -3.03. The van der Waals surface area contributed by atoms with E-state index in [2.05, 4.69) is 5.32 Å². The van der Waals surface area contributed by atoms with Gasteiger partial charge in [0.2, 0.25) is 0 Å². The zero-order valence-corrected chi connectivity index (χ0v) is 9.28. The van der Waals surface area contributed by atoms with Gasteiger partial charge in [-0.3, -0.25) is 4.21 Å². The number of rotatable bonds is 4. The number of alkyl halides is 2. The summed E-state index contributed by atoms with van der Waals surface area (Å²) in [6, 6.07) is -1.29. The van der Waals surface area contributed by atoms with Crippen molar-refractivity contribution in [3.05, 3.63) is 0 Å². The Labute approximate surface area is 90.2 Å². The molecule has 2 unspecified atom stereocenters. The minimum absolute atomic E-state index is 0.302. The predicted octanol–water partition coefficient (Wildman–Crippen LogP) is 0.393. The standard InChI is InChI=1S/C8H16F2N2O2S/c1-8(9,10)7(12-15(13)14)6-2-4-11-5-3-6/h6-7,11-12H,2-5H2,1H3,(H,13,14)/p-1. The summed E-state index contributed by atoms with van der Waals surface area (Å²) < 4.78 is 49.2. The van der Waals surface area contributed by atoms with Gasteiger partial charge in [0.15, 0.2) is 0 Å². The maximum Gasteiger partial charge on any atom is 0.261 e. The number of nitrogens with one attached hydrogen (secondary N) is 2. The van der Waals surface area contributed by atoms with Crippen molar-refractivity contribution in [2.24, 2.45) is 5.92 Å². The zero-order valence-electron chi connectivity index (χ0n) is 8.46. The Kier molecular flexibility index (Phi) is 4.57. The monoisotopic (exact) mass is 241 g/mol. The molecule has 1 heterocycles.